The second kappa shape index (κ2) is 4.41. The molecule has 0 amide bonds. The zero-order valence-corrected chi connectivity index (χ0v) is 9.72. The Hall–Kier alpha value is -2.49. The van der Waals surface area contributed by atoms with Crippen LogP contribution in [0.1, 0.15) is 5.56 Å². The number of aromatic nitrogens is 2. The van der Waals surface area contributed by atoms with Gasteiger partial charge in [0.25, 0.3) is 0 Å². The van der Waals surface area contributed by atoms with Crippen LogP contribution >= 0.6 is 0 Å². The van der Waals surface area contributed by atoms with Crippen molar-refractivity contribution in [3.05, 3.63) is 54.2 Å². The van der Waals surface area contributed by atoms with Gasteiger partial charge in [-0.3, -0.25) is 5.10 Å². The van der Waals surface area contributed by atoms with Gasteiger partial charge >= 0.3 is 0 Å². The maximum Gasteiger partial charge on any atom is 0.115 e. The van der Waals surface area contributed by atoms with Crippen molar-refractivity contribution in [2.45, 2.75) is 6.54 Å². The minimum Gasteiger partial charge on any atom is -0.508 e. The fourth-order valence-corrected chi connectivity index (χ4v) is 1.92. The number of hydrogen-bond donors (Lipinski definition) is 3. The summed E-state index contributed by atoms with van der Waals surface area (Å²) in [5.41, 5.74) is 3.10. The van der Waals surface area contributed by atoms with Crippen LogP contribution in [0.25, 0.3) is 10.9 Å². The molecule has 1 heterocycles. The Morgan fingerprint density at radius 3 is 3.00 bits per heavy atom. The highest BCUT2D eigenvalue weighted by molar-refractivity contribution is 5.81. The lowest BCUT2D eigenvalue weighted by atomic mass is 10.2. The number of aromatic amines is 1. The van der Waals surface area contributed by atoms with E-state index in [1.54, 1.807) is 18.3 Å². The van der Waals surface area contributed by atoms with Crippen molar-refractivity contribution >= 4 is 16.6 Å². The molecular formula is C14H13N3O. The van der Waals surface area contributed by atoms with Gasteiger partial charge in [-0.05, 0) is 35.9 Å². The lowest BCUT2D eigenvalue weighted by Gasteiger charge is -2.06. The van der Waals surface area contributed by atoms with Crippen LogP contribution in [0.4, 0.5) is 5.69 Å². The lowest BCUT2D eigenvalue weighted by Crippen LogP contribution is -1.98. The van der Waals surface area contributed by atoms with Crippen molar-refractivity contribution in [1.82, 2.24) is 10.2 Å². The lowest BCUT2D eigenvalue weighted by molar-refractivity contribution is 0.474. The van der Waals surface area contributed by atoms with Gasteiger partial charge in [-0.25, -0.2) is 0 Å². The fraction of sp³-hybridized carbons (Fsp3) is 0.0714. The summed E-state index contributed by atoms with van der Waals surface area (Å²) < 4.78 is 0. The molecule has 0 unspecified atom stereocenters. The van der Waals surface area contributed by atoms with E-state index in [0.29, 0.717) is 12.3 Å². The first-order valence-corrected chi connectivity index (χ1v) is 5.76. The third-order valence-electron chi connectivity index (χ3n) is 2.85. The Bertz CT molecular complexity index is 675. The normalized spacial score (nSPS) is 10.7. The average Bonchev–Trinajstić information content (AvgIpc) is 2.84. The molecule has 1 aromatic heterocycles. The van der Waals surface area contributed by atoms with Crippen LogP contribution in [-0.2, 0) is 6.54 Å². The van der Waals surface area contributed by atoms with Crippen molar-refractivity contribution in [3.63, 3.8) is 0 Å². The summed E-state index contributed by atoms with van der Waals surface area (Å²) in [5, 5.41) is 20.7. The quantitative estimate of drug-likeness (QED) is 0.658. The molecule has 0 aliphatic carbocycles. The number of phenols is 1. The van der Waals surface area contributed by atoms with Crippen molar-refractivity contribution in [2.75, 3.05) is 5.32 Å². The predicted octanol–water partition coefficient (Wildman–Crippen LogP) is 2.88. The van der Waals surface area contributed by atoms with Crippen LogP contribution in [0, 0.1) is 0 Å². The average molecular weight is 239 g/mol. The summed E-state index contributed by atoms with van der Waals surface area (Å²) in [6.45, 7) is 0.678. The Balaban J connectivity index is 1.76. The third-order valence-corrected chi connectivity index (χ3v) is 2.85. The number of nitrogens with zero attached hydrogens (tertiary/aromatic N) is 1. The number of aromatic hydroxyl groups is 1. The second-order valence-electron chi connectivity index (χ2n) is 4.20. The molecule has 0 bridgehead atoms. The first kappa shape index (κ1) is 10.7. The van der Waals surface area contributed by atoms with Crippen LogP contribution < -0.4 is 5.32 Å². The van der Waals surface area contributed by atoms with Crippen LogP contribution in [-0.4, -0.2) is 15.3 Å². The summed E-state index contributed by atoms with van der Waals surface area (Å²) in [6.07, 6.45) is 1.80. The molecule has 2 aromatic carbocycles. The summed E-state index contributed by atoms with van der Waals surface area (Å²) in [6, 6.07) is 13.3. The molecule has 4 heteroatoms. The largest absolute Gasteiger partial charge is 0.508 e. The van der Waals surface area contributed by atoms with E-state index < -0.39 is 0 Å². The van der Waals surface area contributed by atoms with E-state index in [-0.39, 0.29) is 0 Å². The van der Waals surface area contributed by atoms with E-state index in [0.717, 1.165) is 22.2 Å². The maximum atomic E-state index is 9.38. The van der Waals surface area contributed by atoms with Gasteiger partial charge in [0.1, 0.15) is 5.75 Å². The molecule has 4 nitrogen and oxygen atoms in total. The van der Waals surface area contributed by atoms with Crippen molar-refractivity contribution < 1.29 is 5.11 Å². The number of fused-ring (bicyclic) bond motifs is 1. The van der Waals surface area contributed by atoms with Gasteiger partial charge in [-0.15, -0.1) is 0 Å². The first-order chi connectivity index (χ1) is 8.81. The smallest absolute Gasteiger partial charge is 0.115 e. The number of rotatable bonds is 3. The van der Waals surface area contributed by atoms with Crippen molar-refractivity contribution in [1.29, 1.82) is 0 Å². The minimum atomic E-state index is 0.291. The molecule has 3 aromatic rings. The molecule has 0 fully saturated rings. The van der Waals surface area contributed by atoms with E-state index in [4.69, 9.17) is 0 Å². The van der Waals surface area contributed by atoms with Crippen LogP contribution in [0.2, 0.25) is 0 Å². The molecule has 0 aliphatic rings. The number of nitrogens with one attached hydrogen (secondary N) is 2. The van der Waals surface area contributed by atoms with Gasteiger partial charge in [-0.1, -0.05) is 12.1 Å². The molecule has 0 saturated carbocycles. The zero-order valence-electron chi connectivity index (χ0n) is 9.72. The second-order valence-corrected chi connectivity index (χ2v) is 4.20. The molecule has 0 aliphatic heterocycles. The maximum absolute atomic E-state index is 9.38. The third kappa shape index (κ3) is 2.13. The molecule has 0 atom stereocenters. The fourth-order valence-electron chi connectivity index (χ4n) is 1.92. The minimum absolute atomic E-state index is 0.291. The van der Waals surface area contributed by atoms with Gasteiger partial charge in [0.05, 0.1) is 11.7 Å². The molecule has 0 radical (unpaired) electrons. The standard InChI is InChI=1S/C14H13N3O/c18-13-3-1-2-10(6-13)8-15-12-4-5-14-11(7-12)9-16-17-14/h1-7,9,15,18H,8H2,(H,16,17). The monoisotopic (exact) mass is 239 g/mol. The topological polar surface area (TPSA) is 60.9 Å². The van der Waals surface area contributed by atoms with E-state index in [9.17, 15) is 5.11 Å². The molecular weight excluding hydrogens is 226 g/mol. The number of anilines is 1. The van der Waals surface area contributed by atoms with Crippen LogP contribution in [0.5, 0.6) is 5.75 Å². The molecule has 3 rings (SSSR count). The number of H-pyrrole nitrogens is 1. The van der Waals surface area contributed by atoms with Gasteiger partial charge in [0, 0.05) is 17.6 Å². The van der Waals surface area contributed by atoms with E-state index in [1.807, 2.05) is 30.3 Å². The van der Waals surface area contributed by atoms with Crippen molar-refractivity contribution in [3.8, 4) is 5.75 Å². The van der Waals surface area contributed by atoms with Gasteiger partial charge in [0.15, 0.2) is 0 Å². The zero-order chi connectivity index (χ0) is 12.4. The highest BCUT2D eigenvalue weighted by atomic mass is 16.3. The SMILES string of the molecule is Oc1cccc(CNc2ccc3[nH]ncc3c2)c1. The molecule has 0 spiro atoms. The van der Waals surface area contributed by atoms with E-state index >= 15 is 0 Å². The summed E-state index contributed by atoms with van der Waals surface area (Å²) in [4.78, 5) is 0. The Kier molecular flexibility index (Phi) is 2.61. The van der Waals surface area contributed by atoms with E-state index in [1.165, 1.54) is 0 Å². The number of benzene rings is 2. The number of phenolic OH excluding ortho intramolecular Hbond substituents is 1. The van der Waals surface area contributed by atoms with Gasteiger partial charge in [0.2, 0.25) is 0 Å². The summed E-state index contributed by atoms with van der Waals surface area (Å²) >= 11 is 0. The Labute approximate surface area is 104 Å². The highest BCUT2D eigenvalue weighted by Gasteiger charge is 1.98. The van der Waals surface area contributed by atoms with Crippen LogP contribution in [0.15, 0.2) is 48.7 Å². The van der Waals surface area contributed by atoms with Crippen molar-refractivity contribution in [2.24, 2.45) is 0 Å². The van der Waals surface area contributed by atoms with Gasteiger partial charge in [-0.2, -0.15) is 5.10 Å². The molecule has 3 N–H and O–H groups in total. The number of hydrogen-bond acceptors (Lipinski definition) is 3. The predicted molar refractivity (Wildman–Crippen MR) is 71.5 cm³/mol. The molecule has 0 saturated heterocycles. The Morgan fingerprint density at radius 2 is 2.11 bits per heavy atom. The Morgan fingerprint density at radius 1 is 1.17 bits per heavy atom. The highest BCUT2D eigenvalue weighted by Crippen LogP contribution is 2.18. The van der Waals surface area contributed by atoms with E-state index in [2.05, 4.69) is 15.5 Å². The molecule has 18 heavy (non-hydrogen) atoms. The summed E-state index contributed by atoms with van der Waals surface area (Å²) in [5.74, 6) is 0.291. The molecule has 90 valence electrons. The first-order valence-electron chi connectivity index (χ1n) is 5.76. The van der Waals surface area contributed by atoms with Gasteiger partial charge < -0.3 is 10.4 Å². The summed E-state index contributed by atoms with van der Waals surface area (Å²) in [7, 11) is 0. The van der Waals surface area contributed by atoms with Crippen LogP contribution in [0.3, 0.4) is 0 Å².